The summed E-state index contributed by atoms with van der Waals surface area (Å²) in [7, 11) is 1.55. The van der Waals surface area contributed by atoms with Crippen molar-refractivity contribution in [2.45, 2.75) is 27.1 Å². The lowest BCUT2D eigenvalue weighted by molar-refractivity contribution is 0.101. The standard InChI is InChI=1S/C21H21NO4S/c1-14-4-7-18(8-5-14)25-12-21-22-17(13-27-21)11-26-19-9-6-16(15(2)23)10-20(19)24-3/h4-10,13H,11-12H2,1-3H3. The Morgan fingerprint density at radius 3 is 2.52 bits per heavy atom. The first kappa shape index (κ1) is 18.9. The van der Waals surface area contributed by atoms with Crippen LogP contribution in [0.25, 0.3) is 0 Å². The van der Waals surface area contributed by atoms with E-state index in [1.807, 2.05) is 36.6 Å². The first-order chi connectivity index (χ1) is 13.0. The zero-order valence-electron chi connectivity index (χ0n) is 15.5. The van der Waals surface area contributed by atoms with Crippen LogP contribution in [0.15, 0.2) is 47.8 Å². The molecule has 0 bridgehead atoms. The van der Waals surface area contributed by atoms with Crippen molar-refractivity contribution in [1.82, 2.24) is 4.98 Å². The van der Waals surface area contributed by atoms with E-state index in [2.05, 4.69) is 4.98 Å². The monoisotopic (exact) mass is 383 g/mol. The molecule has 1 aromatic heterocycles. The molecule has 0 atom stereocenters. The van der Waals surface area contributed by atoms with E-state index >= 15 is 0 Å². The molecular weight excluding hydrogens is 362 g/mol. The minimum atomic E-state index is -0.0161. The summed E-state index contributed by atoms with van der Waals surface area (Å²) in [6, 6.07) is 13.1. The molecule has 2 aromatic carbocycles. The summed E-state index contributed by atoms with van der Waals surface area (Å²) in [4.78, 5) is 16.0. The number of Topliss-reactive ketones (excluding diaryl/α,β-unsaturated/α-hetero) is 1. The van der Waals surface area contributed by atoms with Crippen LogP contribution in [0.4, 0.5) is 0 Å². The highest BCUT2D eigenvalue weighted by molar-refractivity contribution is 7.09. The highest BCUT2D eigenvalue weighted by atomic mass is 32.1. The highest BCUT2D eigenvalue weighted by Crippen LogP contribution is 2.29. The molecule has 140 valence electrons. The molecule has 0 spiro atoms. The number of hydrogen-bond donors (Lipinski definition) is 0. The van der Waals surface area contributed by atoms with Gasteiger partial charge in [0.05, 0.1) is 12.8 Å². The van der Waals surface area contributed by atoms with E-state index in [9.17, 15) is 4.79 Å². The fraction of sp³-hybridized carbons (Fsp3) is 0.238. The third-order valence-corrected chi connectivity index (χ3v) is 4.80. The number of aryl methyl sites for hydroxylation is 1. The maximum atomic E-state index is 11.5. The van der Waals surface area contributed by atoms with E-state index in [4.69, 9.17) is 14.2 Å². The maximum absolute atomic E-state index is 11.5. The smallest absolute Gasteiger partial charge is 0.161 e. The second kappa shape index (κ2) is 8.68. The molecule has 0 aliphatic rings. The number of thiazole rings is 1. The van der Waals surface area contributed by atoms with Crippen LogP contribution >= 0.6 is 11.3 Å². The quantitative estimate of drug-likeness (QED) is 0.522. The molecule has 0 saturated heterocycles. The van der Waals surface area contributed by atoms with Gasteiger partial charge in [-0.3, -0.25) is 4.79 Å². The molecule has 0 unspecified atom stereocenters. The summed E-state index contributed by atoms with van der Waals surface area (Å²) in [5.41, 5.74) is 2.60. The molecule has 6 heteroatoms. The van der Waals surface area contributed by atoms with Gasteiger partial charge >= 0.3 is 0 Å². The van der Waals surface area contributed by atoms with Gasteiger partial charge < -0.3 is 14.2 Å². The first-order valence-corrected chi connectivity index (χ1v) is 9.37. The van der Waals surface area contributed by atoms with Crippen LogP contribution in [0.5, 0.6) is 17.2 Å². The predicted molar refractivity (Wildman–Crippen MR) is 105 cm³/mol. The van der Waals surface area contributed by atoms with Crippen LogP contribution in [-0.4, -0.2) is 17.9 Å². The number of ketones is 1. The maximum Gasteiger partial charge on any atom is 0.161 e. The summed E-state index contributed by atoms with van der Waals surface area (Å²) in [5, 5.41) is 2.83. The molecule has 3 rings (SSSR count). The van der Waals surface area contributed by atoms with E-state index in [0.29, 0.717) is 30.3 Å². The highest BCUT2D eigenvalue weighted by Gasteiger charge is 2.10. The Kier molecular flexibility index (Phi) is 6.08. The molecule has 0 amide bonds. The van der Waals surface area contributed by atoms with Crippen LogP contribution in [0, 0.1) is 6.92 Å². The molecule has 0 N–H and O–H groups in total. The third-order valence-electron chi connectivity index (χ3n) is 3.93. The molecule has 1 heterocycles. The van der Waals surface area contributed by atoms with E-state index < -0.39 is 0 Å². The number of nitrogens with zero attached hydrogens (tertiary/aromatic N) is 1. The Balaban J connectivity index is 1.58. The van der Waals surface area contributed by atoms with Gasteiger partial charge in [0, 0.05) is 10.9 Å². The Hall–Kier alpha value is -2.86. The molecule has 3 aromatic rings. The summed E-state index contributed by atoms with van der Waals surface area (Å²) >= 11 is 1.53. The summed E-state index contributed by atoms with van der Waals surface area (Å²) < 4.78 is 16.9. The Labute approximate surface area is 162 Å². The summed E-state index contributed by atoms with van der Waals surface area (Å²) in [6.45, 7) is 4.30. The van der Waals surface area contributed by atoms with E-state index in [-0.39, 0.29) is 5.78 Å². The molecule has 5 nitrogen and oxygen atoms in total. The molecular formula is C21H21NO4S. The number of methoxy groups -OCH3 is 1. The zero-order valence-corrected chi connectivity index (χ0v) is 16.3. The second-order valence-electron chi connectivity index (χ2n) is 6.04. The van der Waals surface area contributed by atoms with Crippen molar-refractivity contribution in [3.05, 3.63) is 69.7 Å². The number of rotatable bonds is 8. The van der Waals surface area contributed by atoms with Crippen LogP contribution < -0.4 is 14.2 Å². The number of benzene rings is 2. The van der Waals surface area contributed by atoms with Gasteiger partial charge in [0.1, 0.15) is 24.0 Å². The first-order valence-electron chi connectivity index (χ1n) is 8.49. The summed E-state index contributed by atoms with van der Waals surface area (Å²) in [6.07, 6.45) is 0. The number of carbonyl (C=O) groups excluding carboxylic acids is 1. The molecule has 0 radical (unpaired) electrons. The predicted octanol–water partition coefficient (Wildman–Crippen LogP) is 4.82. The van der Waals surface area contributed by atoms with Gasteiger partial charge in [-0.1, -0.05) is 17.7 Å². The van der Waals surface area contributed by atoms with Gasteiger partial charge in [0.25, 0.3) is 0 Å². The molecule has 27 heavy (non-hydrogen) atoms. The van der Waals surface area contributed by atoms with E-state index in [1.54, 1.807) is 25.3 Å². The fourth-order valence-electron chi connectivity index (χ4n) is 2.42. The Bertz CT molecular complexity index is 918. The lowest BCUT2D eigenvalue weighted by Gasteiger charge is -2.10. The zero-order chi connectivity index (χ0) is 19.2. The van der Waals surface area contributed by atoms with Crippen LogP contribution in [-0.2, 0) is 13.2 Å². The number of ether oxygens (including phenoxy) is 3. The van der Waals surface area contributed by atoms with E-state index in [0.717, 1.165) is 16.5 Å². The fourth-order valence-corrected chi connectivity index (χ4v) is 3.11. The number of carbonyl (C=O) groups is 1. The van der Waals surface area contributed by atoms with Crippen LogP contribution in [0.2, 0.25) is 0 Å². The van der Waals surface area contributed by atoms with Gasteiger partial charge in [-0.2, -0.15) is 0 Å². The lowest BCUT2D eigenvalue weighted by Crippen LogP contribution is -2.01. The van der Waals surface area contributed by atoms with Gasteiger partial charge in [-0.15, -0.1) is 11.3 Å². The topological polar surface area (TPSA) is 57.7 Å². The summed E-state index contributed by atoms with van der Waals surface area (Å²) in [5.74, 6) is 1.91. The van der Waals surface area contributed by atoms with Crippen molar-refractivity contribution in [1.29, 1.82) is 0 Å². The average molecular weight is 383 g/mol. The van der Waals surface area contributed by atoms with Gasteiger partial charge in [0.2, 0.25) is 0 Å². The van der Waals surface area contributed by atoms with Gasteiger partial charge in [-0.25, -0.2) is 4.98 Å². The van der Waals surface area contributed by atoms with Crippen LogP contribution in [0.3, 0.4) is 0 Å². The van der Waals surface area contributed by atoms with Crippen molar-refractivity contribution in [2.75, 3.05) is 7.11 Å². The van der Waals surface area contributed by atoms with Crippen molar-refractivity contribution >= 4 is 17.1 Å². The minimum absolute atomic E-state index is 0.0161. The lowest BCUT2D eigenvalue weighted by atomic mass is 10.1. The second-order valence-corrected chi connectivity index (χ2v) is 6.99. The third kappa shape index (κ3) is 5.08. The van der Waals surface area contributed by atoms with E-state index in [1.165, 1.54) is 23.8 Å². The van der Waals surface area contributed by atoms with Crippen molar-refractivity contribution < 1.29 is 19.0 Å². The average Bonchev–Trinajstić information content (AvgIpc) is 3.13. The minimum Gasteiger partial charge on any atom is -0.493 e. The SMILES string of the molecule is COc1cc(C(C)=O)ccc1OCc1csc(COc2ccc(C)cc2)n1. The normalized spacial score (nSPS) is 10.5. The molecule has 0 aliphatic carbocycles. The number of aromatic nitrogens is 1. The largest absolute Gasteiger partial charge is 0.493 e. The Morgan fingerprint density at radius 2 is 1.81 bits per heavy atom. The van der Waals surface area contributed by atoms with Crippen molar-refractivity contribution in [3.63, 3.8) is 0 Å². The van der Waals surface area contributed by atoms with Gasteiger partial charge in [0.15, 0.2) is 17.3 Å². The molecule has 0 fully saturated rings. The van der Waals surface area contributed by atoms with Crippen molar-refractivity contribution in [3.8, 4) is 17.2 Å². The van der Waals surface area contributed by atoms with Crippen LogP contribution in [0.1, 0.15) is 33.5 Å². The molecule has 0 saturated carbocycles. The van der Waals surface area contributed by atoms with Gasteiger partial charge in [-0.05, 0) is 44.2 Å². The number of hydrogen-bond acceptors (Lipinski definition) is 6. The molecule has 0 aliphatic heterocycles. The van der Waals surface area contributed by atoms with Crippen molar-refractivity contribution in [2.24, 2.45) is 0 Å². The Morgan fingerprint density at radius 1 is 1.04 bits per heavy atom.